The largest absolute Gasteiger partial charge is 0.379 e. The van der Waals surface area contributed by atoms with Gasteiger partial charge in [0.2, 0.25) is 0 Å². The van der Waals surface area contributed by atoms with Crippen LogP contribution in [0.15, 0.2) is 24.3 Å². The Morgan fingerprint density at radius 3 is 2.74 bits per heavy atom. The van der Waals surface area contributed by atoms with Crippen molar-refractivity contribution in [3.05, 3.63) is 35.4 Å². The predicted molar refractivity (Wildman–Crippen MR) is 106 cm³/mol. The normalized spacial score (nSPS) is 26.8. The first-order valence-corrected chi connectivity index (χ1v) is 10.4. The first-order valence-electron chi connectivity index (χ1n) is 10.4. The van der Waals surface area contributed by atoms with E-state index in [1.165, 1.54) is 11.1 Å². The summed E-state index contributed by atoms with van der Waals surface area (Å²) in [4.78, 5) is 19.8. The Balaban J connectivity index is 1.26. The van der Waals surface area contributed by atoms with Gasteiger partial charge in [0.25, 0.3) is 0 Å². The van der Waals surface area contributed by atoms with Gasteiger partial charge in [0.1, 0.15) is 0 Å². The second-order valence-corrected chi connectivity index (χ2v) is 8.05. The number of carbonyl (C=O) groups excluding carboxylic acids is 1. The van der Waals surface area contributed by atoms with Gasteiger partial charge in [-0.1, -0.05) is 24.3 Å². The van der Waals surface area contributed by atoms with Crippen molar-refractivity contribution in [2.75, 3.05) is 52.5 Å². The summed E-state index contributed by atoms with van der Waals surface area (Å²) in [6, 6.07) is 8.88. The van der Waals surface area contributed by atoms with Crippen LogP contribution in [0, 0.1) is 0 Å². The van der Waals surface area contributed by atoms with Gasteiger partial charge in [-0.15, -0.1) is 0 Å². The van der Waals surface area contributed by atoms with Gasteiger partial charge < -0.3 is 19.9 Å². The molecule has 0 spiro atoms. The Morgan fingerprint density at radius 1 is 1.15 bits per heavy atom. The summed E-state index contributed by atoms with van der Waals surface area (Å²) in [5.74, 6) is 0. The lowest BCUT2D eigenvalue weighted by Crippen LogP contribution is -2.52. The predicted octanol–water partition coefficient (Wildman–Crippen LogP) is 2.07. The first-order chi connectivity index (χ1) is 13.2. The topological polar surface area (TPSA) is 48.1 Å². The molecule has 3 aliphatic rings. The molecule has 0 saturated carbocycles. The van der Waals surface area contributed by atoms with E-state index in [0.717, 1.165) is 71.9 Å². The Bertz CT molecular complexity index is 647. The molecule has 1 unspecified atom stereocenters. The monoisotopic (exact) mass is 372 g/mol. The van der Waals surface area contributed by atoms with Crippen molar-refractivity contribution in [3.8, 4) is 0 Å². The maximum absolute atomic E-state index is 12.9. The number of urea groups is 1. The summed E-state index contributed by atoms with van der Waals surface area (Å²) in [5, 5.41) is 3.31. The molecule has 1 aromatic rings. The number of nitrogens with zero attached hydrogens (tertiary/aromatic N) is 3. The van der Waals surface area contributed by atoms with E-state index in [4.69, 9.17) is 4.74 Å². The fourth-order valence-electron chi connectivity index (χ4n) is 4.56. The van der Waals surface area contributed by atoms with Gasteiger partial charge in [0, 0.05) is 45.3 Å². The van der Waals surface area contributed by atoms with Crippen LogP contribution in [0.1, 0.15) is 36.9 Å². The molecule has 0 bridgehead atoms. The number of rotatable bonds is 4. The summed E-state index contributed by atoms with van der Waals surface area (Å²) in [6.07, 6.45) is 2.23. The van der Waals surface area contributed by atoms with Crippen LogP contribution in [0.25, 0.3) is 0 Å². The van der Waals surface area contributed by atoms with Crippen molar-refractivity contribution in [2.24, 2.45) is 0 Å². The SMILES string of the molecule is C[C@H]1c2ccccc2CN1C(=O)NC1CCCN(CCN2CCOCC2)C1. The maximum atomic E-state index is 12.9. The number of amides is 2. The highest BCUT2D eigenvalue weighted by Crippen LogP contribution is 2.32. The van der Waals surface area contributed by atoms with Crippen LogP contribution in [-0.4, -0.2) is 79.3 Å². The third-order valence-corrected chi connectivity index (χ3v) is 6.24. The van der Waals surface area contributed by atoms with Crippen LogP contribution in [0.2, 0.25) is 0 Å². The van der Waals surface area contributed by atoms with E-state index in [0.29, 0.717) is 0 Å². The van der Waals surface area contributed by atoms with E-state index in [1.54, 1.807) is 0 Å². The highest BCUT2D eigenvalue weighted by molar-refractivity contribution is 5.76. The minimum Gasteiger partial charge on any atom is -0.379 e. The van der Waals surface area contributed by atoms with E-state index < -0.39 is 0 Å². The molecule has 6 nitrogen and oxygen atoms in total. The number of hydrogen-bond donors (Lipinski definition) is 1. The highest BCUT2D eigenvalue weighted by atomic mass is 16.5. The van der Waals surface area contributed by atoms with Crippen molar-refractivity contribution in [1.29, 1.82) is 0 Å². The average molecular weight is 373 g/mol. The lowest BCUT2D eigenvalue weighted by Gasteiger charge is -2.36. The standard InChI is InChI=1S/C21H32N4O2/c1-17-20-7-3-2-5-18(20)15-25(17)21(26)22-19-6-4-8-24(16-19)10-9-23-11-13-27-14-12-23/h2-3,5,7,17,19H,4,6,8-16H2,1H3,(H,22,26)/t17-,19?/m0/s1. The van der Waals surface area contributed by atoms with Crippen LogP contribution in [0.3, 0.4) is 0 Å². The van der Waals surface area contributed by atoms with Gasteiger partial charge >= 0.3 is 6.03 Å². The molecule has 6 heteroatoms. The summed E-state index contributed by atoms with van der Waals surface area (Å²) in [7, 11) is 0. The molecule has 148 valence electrons. The molecular weight excluding hydrogens is 340 g/mol. The molecule has 0 radical (unpaired) electrons. The maximum Gasteiger partial charge on any atom is 0.318 e. The number of benzene rings is 1. The van der Waals surface area contributed by atoms with Gasteiger partial charge in [0.15, 0.2) is 0 Å². The molecular formula is C21H32N4O2. The van der Waals surface area contributed by atoms with Gasteiger partial charge in [0.05, 0.1) is 19.3 Å². The summed E-state index contributed by atoms with van der Waals surface area (Å²) in [6.45, 7) is 10.9. The number of ether oxygens (including phenoxy) is 1. The van der Waals surface area contributed by atoms with E-state index in [9.17, 15) is 4.79 Å². The minimum absolute atomic E-state index is 0.0822. The molecule has 3 heterocycles. The Morgan fingerprint density at radius 2 is 1.93 bits per heavy atom. The molecule has 3 aliphatic heterocycles. The van der Waals surface area contributed by atoms with Crippen molar-refractivity contribution in [3.63, 3.8) is 0 Å². The molecule has 2 fully saturated rings. The average Bonchev–Trinajstić information content (AvgIpc) is 3.05. The second kappa shape index (κ2) is 8.59. The van der Waals surface area contributed by atoms with Crippen molar-refractivity contribution in [1.82, 2.24) is 20.0 Å². The molecule has 2 atom stereocenters. The fraction of sp³-hybridized carbons (Fsp3) is 0.667. The van der Waals surface area contributed by atoms with Crippen LogP contribution in [0.4, 0.5) is 4.79 Å². The Hall–Kier alpha value is -1.63. The number of likely N-dealkylation sites (tertiary alicyclic amines) is 1. The molecule has 1 N–H and O–H groups in total. The molecule has 2 amide bonds. The van der Waals surface area contributed by atoms with Crippen molar-refractivity contribution >= 4 is 6.03 Å². The second-order valence-electron chi connectivity index (χ2n) is 8.05. The zero-order valence-electron chi connectivity index (χ0n) is 16.4. The van der Waals surface area contributed by atoms with Crippen LogP contribution in [0.5, 0.6) is 0 Å². The summed E-state index contributed by atoms with van der Waals surface area (Å²) < 4.78 is 5.43. The molecule has 0 aliphatic carbocycles. The van der Waals surface area contributed by atoms with Crippen LogP contribution < -0.4 is 5.32 Å². The Labute approximate surface area is 162 Å². The first kappa shape index (κ1) is 18.7. The van der Waals surface area contributed by atoms with Crippen LogP contribution >= 0.6 is 0 Å². The number of piperidine rings is 1. The summed E-state index contributed by atoms with van der Waals surface area (Å²) in [5.41, 5.74) is 2.55. The molecule has 0 aromatic heterocycles. The molecule has 27 heavy (non-hydrogen) atoms. The lowest BCUT2D eigenvalue weighted by atomic mass is 10.1. The number of carbonyl (C=O) groups is 1. The minimum atomic E-state index is 0.0822. The van der Waals surface area contributed by atoms with E-state index >= 15 is 0 Å². The van der Waals surface area contributed by atoms with Gasteiger partial charge in [-0.25, -0.2) is 4.79 Å². The zero-order valence-corrected chi connectivity index (χ0v) is 16.4. The Kier molecular flexibility index (Phi) is 5.95. The number of hydrogen-bond acceptors (Lipinski definition) is 4. The molecule has 1 aromatic carbocycles. The number of fused-ring (bicyclic) bond motifs is 1. The van der Waals surface area contributed by atoms with Crippen molar-refractivity contribution in [2.45, 2.75) is 38.4 Å². The number of morpholine rings is 1. The van der Waals surface area contributed by atoms with E-state index in [-0.39, 0.29) is 18.1 Å². The van der Waals surface area contributed by atoms with Gasteiger partial charge in [-0.3, -0.25) is 4.90 Å². The number of nitrogens with one attached hydrogen (secondary N) is 1. The lowest BCUT2D eigenvalue weighted by molar-refractivity contribution is 0.0316. The molecule has 4 rings (SSSR count). The van der Waals surface area contributed by atoms with Crippen LogP contribution in [-0.2, 0) is 11.3 Å². The smallest absolute Gasteiger partial charge is 0.318 e. The van der Waals surface area contributed by atoms with Crippen molar-refractivity contribution < 1.29 is 9.53 Å². The van der Waals surface area contributed by atoms with Gasteiger partial charge in [-0.2, -0.15) is 0 Å². The van der Waals surface area contributed by atoms with E-state index in [2.05, 4.69) is 46.3 Å². The quantitative estimate of drug-likeness (QED) is 0.879. The highest BCUT2D eigenvalue weighted by Gasteiger charge is 2.31. The molecule has 2 saturated heterocycles. The third-order valence-electron chi connectivity index (χ3n) is 6.24. The third kappa shape index (κ3) is 4.45. The van der Waals surface area contributed by atoms with Gasteiger partial charge in [-0.05, 0) is 37.4 Å². The summed E-state index contributed by atoms with van der Waals surface area (Å²) >= 11 is 0. The zero-order chi connectivity index (χ0) is 18.6. The fourth-order valence-corrected chi connectivity index (χ4v) is 4.56. The van der Waals surface area contributed by atoms with E-state index in [1.807, 2.05) is 4.90 Å².